The lowest BCUT2D eigenvalue weighted by atomic mass is 10.1. The molecule has 0 fully saturated rings. The molecule has 0 radical (unpaired) electrons. The Bertz CT molecular complexity index is 317. The molecule has 1 aliphatic heterocycles. The molecule has 2 heterocycles. The molecule has 0 aromatic carbocycles. The predicted molar refractivity (Wildman–Crippen MR) is 56.1 cm³/mol. The van der Waals surface area contributed by atoms with E-state index in [4.69, 9.17) is 5.73 Å². The van der Waals surface area contributed by atoms with Crippen molar-refractivity contribution in [1.29, 1.82) is 0 Å². The van der Waals surface area contributed by atoms with E-state index in [-0.39, 0.29) is 0 Å². The summed E-state index contributed by atoms with van der Waals surface area (Å²) < 4.78 is 2.14. The van der Waals surface area contributed by atoms with Gasteiger partial charge in [0.15, 0.2) is 5.16 Å². The summed E-state index contributed by atoms with van der Waals surface area (Å²) in [6.07, 6.45) is 1.20. The van der Waals surface area contributed by atoms with Crippen LogP contribution >= 0.6 is 11.8 Å². The Morgan fingerprint density at radius 3 is 2.92 bits per heavy atom. The summed E-state index contributed by atoms with van der Waals surface area (Å²) in [5.74, 6) is 2.48. The first-order valence-electron chi connectivity index (χ1n) is 4.69. The van der Waals surface area contributed by atoms with E-state index in [0.717, 1.165) is 23.2 Å². The number of nitrogen functional groups attached to an aromatic ring is 1. The molecule has 0 saturated carbocycles. The first-order chi connectivity index (χ1) is 6.20. The van der Waals surface area contributed by atoms with Crippen LogP contribution in [0.1, 0.15) is 31.9 Å². The van der Waals surface area contributed by atoms with Gasteiger partial charge in [0.1, 0.15) is 5.82 Å². The fourth-order valence-electron chi connectivity index (χ4n) is 1.60. The highest BCUT2D eigenvalue weighted by atomic mass is 32.2. The van der Waals surface area contributed by atoms with Crippen LogP contribution in [0, 0.1) is 0 Å². The number of nitrogens with zero attached hydrogens (tertiary/aromatic N) is 2. The molecule has 2 rings (SSSR count). The minimum Gasteiger partial charge on any atom is -0.384 e. The van der Waals surface area contributed by atoms with Crippen LogP contribution < -0.4 is 5.73 Å². The van der Waals surface area contributed by atoms with Crippen molar-refractivity contribution in [2.75, 3.05) is 11.5 Å². The van der Waals surface area contributed by atoms with Crippen molar-refractivity contribution >= 4 is 17.6 Å². The largest absolute Gasteiger partial charge is 0.384 e. The monoisotopic (exact) mass is 197 g/mol. The highest BCUT2D eigenvalue weighted by Crippen LogP contribution is 2.31. The van der Waals surface area contributed by atoms with Crippen LogP contribution in [-0.2, 0) is 6.54 Å². The summed E-state index contributed by atoms with van der Waals surface area (Å²) in [6, 6.07) is 0. The van der Waals surface area contributed by atoms with E-state index in [0.29, 0.717) is 5.92 Å². The molecular weight excluding hydrogens is 182 g/mol. The Hall–Kier alpha value is -0.640. The van der Waals surface area contributed by atoms with Crippen LogP contribution in [0.5, 0.6) is 0 Å². The average molecular weight is 197 g/mol. The number of hydrogen-bond acceptors (Lipinski definition) is 3. The quantitative estimate of drug-likeness (QED) is 0.749. The highest BCUT2D eigenvalue weighted by molar-refractivity contribution is 7.99. The summed E-state index contributed by atoms with van der Waals surface area (Å²) >= 11 is 1.81. The van der Waals surface area contributed by atoms with E-state index in [1.54, 1.807) is 0 Å². The van der Waals surface area contributed by atoms with Crippen molar-refractivity contribution < 1.29 is 0 Å². The van der Waals surface area contributed by atoms with Crippen molar-refractivity contribution in [2.24, 2.45) is 0 Å². The first-order valence-corrected chi connectivity index (χ1v) is 5.67. The molecule has 0 unspecified atom stereocenters. The van der Waals surface area contributed by atoms with Gasteiger partial charge in [-0.1, -0.05) is 25.6 Å². The molecule has 0 aliphatic carbocycles. The van der Waals surface area contributed by atoms with E-state index < -0.39 is 0 Å². The van der Waals surface area contributed by atoms with Crippen LogP contribution in [0.2, 0.25) is 0 Å². The Kier molecular flexibility index (Phi) is 2.24. The zero-order chi connectivity index (χ0) is 9.42. The fraction of sp³-hybridized carbons (Fsp3) is 0.667. The van der Waals surface area contributed by atoms with Gasteiger partial charge in [0.25, 0.3) is 0 Å². The molecule has 3 nitrogen and oxygen atoms in total. The highest BCUT2D eigenvalue weighted by Gasteiger charge is 2.19. The van der Waals surface area contributed by atoms with Gasteiger partial charge < -0.3 is 10.3 Å². The standard InChI is InChI=1S/C9H15N3S/c1-6(2)7-8(10)12-4-3-5-13-9(12)11-7/h6H,3-5,10H2,1-2H3. The van der Waals surface area contributed by atoms with E-state index in [1.807, 2.05) is 11.8 Å². The zero-order valence-electron chi connectivity index (χ0n) is 8.08. The topological polar surface area (TPSA) is 43.8 Å². The number of anilines is 1. The van der Waals surface area contributed by atoms with Gasteiger partial charge in [-0.2, -0.15) is 0 Å². The second-order valence-electron chi connectivity index (χ2n) is 3.67. The molecule has 4 heteroatoms. The van der Waals surface area contributed by atoms with Gasteiger partial charge in [-0.05, 0) is 12.3 Å². The van der Waals surface area contributed by atoms with Crippen LogP contribution in [-0.4, -0.2) is 15.3 Å². The number of imidazole rings is 1. The number of hydrogen-bond donors (Lipinski definition) is 1. The first kappa shape index (κ1) is 8.94. The Morgan fingerprint density at radius 1 is 1.54 bits per heavy atom. The van der Waals surface area contributed by atoms with Crippen molar-refractivity contribution in [1.82, 2.24) is 9.55 Å². The molecule has 13 heavy (non-hydrogen) atoms. The lowest BCUT2D eigenvalue weighted by molar-refractivity contribution is 0.614. The van der Waals surface area contributed by atoms with Crippen LogP contribution in [0.4, 0.5) is 5.82 Å². The molecule has 72 valence electrons. The van der Waals surface area contributed by atoms with Gasteiger partial charge in [-0.25, -0.2) is 4.98 Å². The Balaban J connectivity index is 2.44. The maximum atomic E-state index is 6.01. The number of fused-ring (bicyclic) bond motifs is 1. The van der Waals surface area contributed by atoms with Gasteiger partial charge in [-0.3, -0.25) is 0 Å². The van der Waals surface area contributed by atoms with Crippen LogP contribution in [0.15, 0.2) is 5.16 Å². The van der Waals surface area contributed by atoms with Crippen molar-refractivity contribution in [3.8, 4) is 0 Å². The molecule has 0 amide bonds. The smallest absolute Gasteiger partial charge is 0.169 e. The van der Waals surface area contributed by atoms with Gasteiger partial charge in [0, 0.05) is 12.3 Å². The Labute approximate surface area is 82.7 Å². The maximum absolute atomic E-state index is 6.01. The number of nitrogens with two attached hydrogens (primary N) is 1. The number of rotatable bonds is 1. The minimum atomic E-state index is 0.429. The molecule has 0 spiro atoms. The minimum absolute atomic E-state index is 0.429. The van der Waals surface area contributed by atoms with Crippen LogP contribution in [0.25, 0.3) is 0 Å². The molecule has 1 aromatic heterocycles. The van der Waals surface area contributed by atoms with Crippen molar-refractivity contribution in [2.45, 2.75) is 37.9 Å². The normalized spacial score (nSPS) is 16.2. The lowest BCUT2D eigenvalue weighted by Crippen LogP contribution is -2.09. The number of aromatic nitrogens is 2. The van der Waals surface area contributed by atoms with E-state index in [2.05, 4.69) is 23.4 Å². The molecule has 2 N–H and O–H groups in total. The summed E-state index contributed by atoms with van der Waals surface area (Å²) in [5.41, 5.74) is 7.07. The lowest BCUT2D eigenvalue weighted by Gasteiger charge is -2.13. The third kappa shape index (κ3) is 1.43. The molecule has 1 aliphatic rings. The zero-order valence-corrected chi connectivity index (χ0v) is 8.90. The fourth-order valence-corrected chi connectivity index (χ4v) is 2.56. The van der Waals surface area contributed by atoms with E-state index in [1.165, 1.54) is 12.2 Å². The van der Waals surface area contributed by atoms with Gasteiger partial charge in [-0.15, -0.1) is 0 Å². The summed E-state index contributed by atoms with van der Waals surface area (Å²) in [7, 11) is 0. The van der Waals surface area contributed by atoms with Gasteiger partial charge >= 0.3 is 0 Å². The average Bonchev–Trinajstić information content (AvgIpc) is 2.45. The Morgan fingerprint density at radius 2 is 2.31 bits per heavy atom. The van der Waals surface area contributed by atoms with Crippen molar-refractivity contribution in [3.05, 3.63) is 5.69 Å². The molecule has 0 bridgehead atoms. The van der Waals surface area contributed by atoms with E-state index in [9.17, 15) is 0 Å². The molecule has 1 aromatic rings. The second-order valence-corrected chi connectivity index (χ2v) is 4.74. The second kappa shape index (κ2) is 3.25. The third-order valence-corrected chi connectivity index (χ3v) is 3.37. The summed E-state index contributed by atoms with van der Waals surface area (Å²) in [6.45, 7) is 5.30. The summed E-state index contributed by atoms with van der Waals surface area (Å²) in [5, 5.41) is 1.10. The van der Waals surface area contributed by atoms with Gasteiger partial charge in [0.2, 0.25) is 0 Å². The molecule has 0 saturated heterocycles. The predicted octanol–water partition coefficient (Wildman–Crippen LogP) is 2.08. The van der Waals surface area contributed by atoms with E-state index >= 15 is 0 Å². The third-order valence-electron chi connectivity index (χ3n) is 2.30. The maximum Gasteiger partial charge on any atom is 0.169 e. The van der Waals surface area contributed by atoms with Crippen LogP contribution in [0.3, 0.4) is 0 Å². The van der Waals surface area contributed by atoms with Gasteiger partial charge in [0.05, 0.1) is 5.69 Å². The summed E-state index contributed by atoms with van der Waals surface area (Å²) in [4.78, 5) is 4.55. The number of thioether (sulfide) groups is 1. The molecular formula is C9H15N3S. The molecule has 0 atom stereocenters. The van der Waals surface area contributed by atoms with Crippen molar-refractivity contribution in [3.63, 3.8) is 0 Å². The SMILES string of the molecule is CC(C)c1nc2n(c1N)CCCS2.